The van der Waals surface area contributed by atoms with Crippen molar-refractivity contribution in [1.29, 1.82) is 0 Å². The summed E-state index contributed by atoms with van der Waals surface area (Å²) in [5.74, 6) is 0.831. The van der Waals surface area contributed by atoms with E-state index in [0.29, 0.717) is 39.0 Å². The standard InChI is InChI=1S/C22H27N3O3/c1-17(20-9-5-6-13-23-20)24-22(27)18-10-14-25(15-11-18)21(26)12-16-28-19-7-3-2-4-8-19/h2-9,13,17-18H,10-12,14-16H2,1H3,(H,24,27). The molecule has 0 saturated carbocycles. The molecular formula is C22H27N3O3. The Balaban J connectivity index is 1.38. The minimum absolute atomic E-state index is 0.0395. The van der Waals surface area contributed by atoms with Crippen molar-refractivity contribution in [3.05, 3.63) is 60.4 Å². The molecule has 2 aromatic rings. The molecule has 2 heterocycles. The summed E-state index contributed by atoms with van der Waals surface area (Å²) in [7, 11) is 0. The number of amides is 2. The van der Waals surface area contributed by atoms with E-state index in [1.807, 2.05) is 60.4 Å². The van der Waals surface area contributed by atoms with Crippen molar-refractivity contribution < 1.29 is 14.3 Å². The highest BCUT2D eigenvalue weighted by atomic mass is 16.5. The zero-order chi connectivity index (χ0) is 19.8. The summed E-state index contributed by atoms with van der Waals surface area (Å²) >= 11 is 0. The van der Waals surface area contributed by atoms with Gasteiger partial charge in [0.15, 0.2) is 0 Å². The Kier molecular flexibility index (Phi) is 7.00. The molecule has 1 atom stereocenters. The van der Waals surface area contributed by atoms with Crippen LogP contribution >= 0.6 is 0 Å². The molecule has 2 amide bonds. The Hall–Kier alpha value is -2.89. The van der Waals surface area contributed by atoms with Crippen molar-refractivity contribution in [3.8, 4) is 5.75 Å². The van der Waals surface area contributed by atoms with Gasteiger partial charge in [-0.1, -0.05) is 24.3 Å². The molecule has 1 unspecified atom stereocenters. The number of aromatic nitrogens is 1. The van der Waals surface area contributed by atoms with E-state index in [1.165, 1.54) is 0 Å². The smallest absolute Gasteiger partial charge is 0.225 e. The van der Waals surface area contributed by atoms with Crippen molar-refractivity contribution in [1.82, 2.24) is 15.2 Å². The van der Waals surface area contributed by atoms with Gasteiger partial charge >= 0.3 is 0 Å². The van der Waals surface area contributed by atoms with Gasteiger partial charge in [0.25, 0.3) is 0 Å². The van der Waals surface area contributed by atoms with Gasteiger partial charge in [-0.05, 0) is 44.0 Å². The first-order valence-corrected chi connectivity index (χ1v) is 9.80. The number of nitrogens with zero attached hydrogens (tertiary/aromatic N) is 2. The molecule has 0 radical (unpaired) electrons. The van der Waals surface area contributed by atoms with Gasteiger partial charge in [0.05, 0.1) is 24.8 Å². The molecule has 28 heavy (non-hydrogen) atoms. The number of piperidine rings is 1. The fourth-order valence-electron chi connectivity index (χ4n) is 3.36. The van der Waals surface area contributed by atoms with Gasteiger partial charge in [-0.25, -0.2) is 0 Å². The van der Waals surface area contributed by atoms with E-state index >= 15 is 0 Å². The first-order valence-electron chi connectivity index (χ1n) is 9.80. The highest BCUT2D eigenvalue weighted by Gasteiger charge is 2.28. The van der Waals surface area contributed by atoms with Crippen LogP contribution in [-0.4, -0.2) is 41.4 Å². The average Bonchev–Trinajstić information content (AvgIpc) is 2.75. The molecule has 1 aliphatic rings. The van der Waals surface area contributed by atoms with Crippen LogP contribution in [0, 0.1) is 5.92 Å². The normalized spacial score (nSPS) is 15.7. The number of pyridine rings is 1. The fourth-order valence-corrected chi connectivity index (χ4v) is 3.36. The van der Waals surface area contributed by atoms with Gasteiger partial charge in [0, 0.05) is 25.2 Å². The first kappa shape index (κ1) is 19.9. The summed E-state index contributed by atoms with van der Waals surface area (Å²) in [6.45, 7) is 3.52. The average molecular weight is 381 g/mol. The SMILES string of the molecule is CC(NC(=O)C1CCN(C(=O)CCOc2ccccc2)CC1)c1ccccn1. The van der Waals surface area contributed by atoms with Crippen molar-refractivity contribution in [3.63, 3.8) is 0 Å². The van der Waals surface area contributed by atoms with Crippen LogP contribution < -0.4 is 10.1 Å². The van der Waals surface area contributed by atoms with E-state index in [9.17, 15) is 9.59 Å². The molecule has 0 bridgehead atoms. The number of nitrogens with one attached hydrogen (secondary N) is 1. The number of carbonyl (C=O) groups excluding carboxylic acids is 2. The second-order valence-corrected chi connectivity index (χ2v) is 7.05. The summed E-state index contributed by atoms with van der Waals surface area (Å²) in [4.78, 5) is 31.0. The van der Waals surface area contributed by atoms with Crippen LogP contribution in [0.1, 0.15) is 37.9 Å². The van der Waals surface area contributed by atoms with Crippen LogP contribution in [0.2, 0.25) is 0 Å². The lowest BCUT2D eigenvalue weighted by Crippen LogP contribution is -2.43. The second kappa shape index (κ2) is 9.88. The molecule has 1 saturated heterocycles. The summed E-state index contributed by atoms with van der Waals surface area (Å²) < 4.78 is 5.60. The van der Waals surface area contributed by atoms with E-state index in [2.05, 4.69) is 10.3 Å². The van der Waals surface area contributed by atoms with Crippen LogP contribution in [0.3, 0.4) is 0 Å². The van der Waals surface area contributed by atoms with Crippen LogP contribution in [0.5, 0.6) is 5.75 Å². The summed E-state index contributed by atoms with van der Waals surface area (Å²) in [5.41, 5.74) is 0.849. The zero-order valence-corrected chi connectivity index (χ0v) is 16.2. The summed E-state index contributed by atoms with van der Waals surface area (Å²) in [5, 5.41) is 3.04. The molecule has 0 spiro atoms. The Morgan fingerprint density at radius 2 is 1.86 bits per heavy atom. The molecule has 1 aromatic carbocycles. The topological polar surface area (TPSA) is 71.5 Å². The minimum Gasteiger partial charge on any atom is -0.493 e. The quantitative estimate of drug-likeness (QED) is 0.800. The number of likely N-dealkylation sites (tertiary alicyclic amines) is 1. The fraction of sp³-hybridized carbons (Fsp3) is 0.409. The predicted molar refractivity (Wildman–Crippen MR) is 107 cm³/mol. The number of carbonyl (C=O) groups is 2. The van der Waals surface area contributed by atoms with Gasteiger partial charge < -0.3 is 15.0 Å². The van der Waals surface area contributed by atoms with Crippen molar-refractivity contribution in [2.45, 2.75) is 32.2 Å². The molecule has 1 N–H and O–H groups in total. The molecule has 6 heteroatoms. The van der Waals surface area contributed by atoms with Crippen LogP contribution in [0.15, 0.2) is 54.7 Å². The highest BCUT2D eigenvalue weighted by molar-refractivity contribution is 5.80. The molecule has 6 nitrogen and oxygen atoms in total. The maximum absolute atomic E-state index is 12.5. The Labute approximate surface area is 165 Å². The lowest BCUT2D eigenvalue weighted by molar-refractivity contribution is -0.136. The van der Waals surface area contributed by atoms with Crippen LogP contribution in [0.25, 0.3) is 0 Å². The van der Waals surface area contributed by atoms with Crippen LogP contribution in [0.4, 0.5) is 0 Å². The summed E-state index contributed by atoms with van der Waals surface area (Å²) in [6.07, 6.45) is 3.45. The molecule has 148 valence electrons. The number of para-hydroxylation sites is 1. The van der Waals surface area contributed by atoms with E-state index in [-0.39, 0.29) is 23.8 Å². The molecule has 1 fully saturated rings. The number of ether oxygens (including phenoxy) is 1. The molecular weight excluding hydrogens is 354 g/mol. The van der Waals surface area contributed by atoms with E-state index < -0.39 is 0 Å². The lowest BCUT2D eigenvalue weighted by Gasteiger charge is -2.32. The van der Waals surface area contributed by atoms with Gasteiger partial charge in [-0.3, -0.25) is 14.6 Å². The molecule has 1 aromatic heterocycles. The minimum atomic E-state index is -0.122. The Morgan fingerprint density at radius 1 is 1.14 bits per heavy atom. The van der Waals surface area contributed by atoms with Crippen LogP contribution in [-0.2, 0) is 9.59 Å². The van der Waals surface area contributed by atoms with Gasteiger partial charge in [-0.2, -0.15) is 0 Å². The number of benzene rings is 1. The maximum atomic E-state index is 12.5. The van der Waals surface area contributed by atoms with Gasteiger partial charge in [-0.15, -0.1) is 0 Å². The zero-order valence-electron chi connectivity index (χ0n) is 16.2. The Bertz CT molecular complexity index is 759. The third-order valence-electron chi connectivity index (χ3n) is 5.04. The molecule has 3 rings (SSSR count). The van der Waals surface area contributed by atoms with E-state index in [4.69, 9.17) is 4.74 Å². The molecule has 1 aliphatic heterocycles. The summed E-state index contributed by atoms with van der Waals surface area (Å²) in [6, 6.07) is 15.0. The van der Waals surface area contributed by atoms with E-state index in [1.54, 1.807) is 6.20 Å². The van der Waals surface area contributed by atoms with E-state index in [0.717, 1.165) is 11.4 Å². The largest absolute Gasteiger partial charge is 0.493 e. The van der Waals surface area contributed by atoms with Crippen molar-refractivity contribution in [2.75, 3.05) is 19.7 Å². The number of rotatable bonds is 7. The molecule has 0 aliphatic carbocycles. The monoisotopic (exact) mass is 381 g/mol. The number of hydrogen-bond donors (Lipinski definition) is 1. The Morgan fingerprint density at radius 3 is 2.54 bits per heavy atom. The van der Waals surface area contributed by atoms with Crippen molar-refractivity contribution in [2.24, 2.45) is 5.92 Å². The van der Waals surface area contributed by atoms with Gasteiger partial charge in [0.2, 0.25) is 11.8 Å². The maximum Gasteiger partial charge on any atom is 0.225 e. The van der Waals surface area contributed by atoms with Gasteiger partial charge in [0.1, 0.15) is 5.75 Å². The lowest BCUT2D eigenvalue weighted by atomic mass is 9.95. The third kappa shape index (κ3) is 5.55. The third-order valence-corrected chi connectivity index (χ3v) is 5.04. The second-order valence-electron chi connectivity index (χ2n) is 7.05. The van der Waals surface area contributed by atoms with Crippen molar-refractivity contribution >= 4 is 11.8 Å². The highest BCUT2D eigenvalue weighted by Crippen LogP contribution is 2.20. The number of hydrogen-bond acceptors (Lipinski definition) is 4. The first-order chi connectivity index (χ1) is 13.6. The predicted octanol–water partition coefficient (Wildman–Crippen LogP) is 2.97.